The molecule has 0 radical (unpaired) electrons. The van der Waals surface area contributed by atoms with Gasteiger partial charge < -0.3 is 19.9 Å². The van der Waals surface area contributed by atoms with E-state index in [0.717, 1.165) is 74.1 Å². The molecule has 1 aromatic carbocycles. The zero-order valence-corrected chi connectivity index (χ0v) is 26.4. The first-order chi connectivity index (χ1) is 20.0. The number of carboxylic acids is 1. The second kappa shape index (κ2) is 12.6. The van der Waals surface area contributed by atoms with Gasteiger partial charge in [-0.3, -0.25) is 4.90 Å². The number of unbranched alkanes of at least 4 members (excludes halogenated alkanes) is 1. The maximum Gasteiger partial charge on any atom is 0.329 e. The lowest BCUT2D eigenvalue weighted by molar-refractivity contribution is -0.162. The number of aliphatic carboxylic acids is 1. The summed E-state index contributed by atoms with van der Waals surface area (Å²) in [6, 6.07) is 12.5. The van der Waals surface area contributed by atoms with Crippen molar-refractivity contribution in [3.05, 3.63) is 58.8 Å². The van der Waals surface area contributed by atoms with Gasteiger partial charge in [0.05, 0.1) is 18.8 Å². The Balaban J connectivity index is 1.24. The number of aryl methyl sites for hydroxylation is 2. The predicted molar refractivity (Wildman–Crippen MR) is 167 cm³/mol. The molecule has 2 saturated heterocycles. The third-order valence-corrected chi connectivity index (χ3v) is 9.60. The molecule has 0 spiro atoms. The first-order valence-electron chi connectivity index (χ1n) is 16.0. The average Bonchev–Trinajstić information content (AvgIpc) is 3.41. The predicted octanol–water partition coefficient (Wildman–Crippen LogP) is 6.76. The molecule has 2 fully saturated rings. The molecule has 2 N–H and O–H groups in total. The van der Waals surface area contributed by atoms with Crippen molar-refractivity contribution >= 4 is 11.8 Å². The van der Waals surface area contributed by atoms with Gasteiger partial charge in [-0.05, 0) is 85.0 Å². The Morgan fingerprint density at radius 2 is 1.98 bits per heavy atom. The number of benzene rings is 1. The molecule has 0 saturated carbocycles. The molecule has 7 heteroatoms. The minimum absolute atomic E-state index is 0.0241. The summed E-state index contributed by atoms with van der Waals surface area (Å²) < 4.78 is 12.7. The summed E-state index contributed by atoms with van der Waals surface area (Å²) in [7, 11) is 0. The molecule has 4 heterocycles. The third-order valence-electron chi connectivity index (χ3n) is 9.60. The Bertz CT molecular complexity index is 1230. The standard InChI is InChI=1S/C35H51N3O4/c1-33(2,3)35(32(39)40,29-14-7-6-13-28(29)30-17-19-34(4,5)24-42-30)38-21-18-27(23-38)41-22-9-8-12-26-16-15-25-11-10-20-36-31(25)37-26/h6-7,13-16,27,30H,8-12,17-24H2,1-5H3,(H,36,37)(H,39,40)/t27-,30?,35?/m1/s1. The van der Waals surface area contributed by atoms with Gasteiger partial charge in [0.25, 0.3) is 0 Å². The van der Waals surface area contributed by atoms with Gasteiger partial charge in [0, 0.05) is 31.9 Å². The SMILES string of the molecule is CC1(C)CCC(c2ccccc2C(C(=O)O)(N2CC[C@@H](OCCCCc3ccc4c(n3)NCCC4)C2)C(C)(C)C)OC1. The third kappa shape index (κ3) is 6.39. The number of anilines is 1. The first kappa shape index (κ1) is 31.0. The lowest BCUT2D eigenvalue weighted by Gasteiger charge is -2.49. The van der Waals surface area contributed by atoms with E-state index in [0.29, 0.717) is 26.3 Å². The average molecular weight is 578 g/mol. The van der Waals surface area contributed by atoms with Crippen molar-refractivity contribution in [2.75, 3.05) is 38.2 Å². The Morgan fingerprint density at radius 1 is 1.17 bits per heavy atom. The van der Waals surface area contributed by atoms with Crippen molar-refractivity contribution in [3.8, 4) is 0 Å². The summed E-state index contributed by atoms with van der Waals surface area (Å²) in [6.07, 6.45) is 7.93. The highest BCUT2D eigenvalue weighted by molar-refractivity contribution is 5.83. The van der Waals surface area contributed by atoms with E-state index in [1.54, 1.807) is 0 Å². The fraction of sp³-hybridized carbons (Fsp3) is 0.657. The van der Waals surface area contributed by atoms with Gasteiger partial charge in [0.15, 0.2) is 5.54 Å². The second-order valence-corrected chi connectivity index (χ2v) is 14.4. The van der Waals surface area contributed by atoms with E-state index < -0.39 is 16.9 Å². The van der Waals surface area contributed by atoms with Crippen LogP contribution in [0, 0.1) is 10.8 Å². The number of hydrogen-bond acceptors (Lipinski definition) is 6. The molecule has 0 amide bonds. The van der Waals surface area contributed by atoms with Crippen molar-refractivity contribution < 1.29 is 19.4 Å². The van der Waals surface area contributed by atoms with Gasteiger partial charge in [0.2, 0.25) is 0 Å². The van der Waals surface area contributed by atoms with E-state index >= 15 is 0 Å². The molecule has 3 aliphatic rings. The van der Waals surface area contributed by atoms with Crippen LogP contribution < -0.4 is 5.32 Å². The summed E-state index contributed by atoms with van der Waals surface area (Å²) in [5, 5.41) is 14.5. The molecule has 0 bridgehead atoms. The summed E-state index contributed by atoms with van der Waals surface area (Å²) in [6.45, 7) is 14.3. The highest BCUT2D eigenvalue weighted by atomic mass is 16.5. The van der Waals surface area contributed by atoms with Gasteiger partial charge in [-0.25, -0.2) is 9.78 Å². The van der Waals surface area contributed by atoms with Crippen LogP contribution in [0.1, 0.15) is 102 Å². The summed E-state index contributed by atoms with van der Waals surface area (Å²) in [5.74, 6) is 0.258. The van der Waals surface area contributed by atoms with Crippen molar-refractivity contribution in [2.45, 2.75) is 104 Å². The number of rotatable bonds is 10. The highest BCUT2D eigenvalue weighted by Crippen LogP contribution is 2.50. The quantitative estimate of drug-likeness (QED) is 0.302. The number of likely N-dealkylation sites (tertiary alicyclic amines) is 1. The molecule has 1 aromatic heterocycles. The van der Waals surface area contributed by atoms with Crippen LogP contribution in [0.2, 0.25) is 0 Å². The van der Waals surface area contributed by atoms with Gasteiger partial charge in [-0.1, -0.05) is 65.0 Å². The normalized spacial score (nSPS) is 24.0. The molecule has 2 unspecified atom stereocenters. The molecule has 3 aliphatic heterocycles. The molecule has 2 aromatic rings. The van der Waals surface area contributed by atoms with E-state index in [-0.39, 0.29) is 17.6 Å². The maximum absolute atomic E-state index is 13.5. The fourth-order valence-corrected chi connectivity index (χ4v) is 7.31. The zero-order valence-electron chi connectivity index (χ0n) is 26.4. The van der Waals surface area contributed by atoms with E-state index in [4.69, 9.17) is 14.5 Å². The minimum atomic E-state index is -1.19. The molecule has 0 aliphatic carbocycles. The van der Waals surface area contributed by atoms with Crippen LogP contribution in [0.4, 0.5) is 5.82 Å². The van der Waals surface area contributed by atoms with Crippen LogP contribution in [0.15, 0.2) is 36.4 Å². The number of hydrogen-bond donors (Lipinski definition) is 2. The smallest absolute Gasteiger partial charge is 0.329 e. The fourth-order valence-electron chi connectivity index (χ4n) is 7.31. The van der Waals surface area contributed by atoms with Crippen LogP contribution in [0.3, 0.4) is 0 Å². The van der Waals surface area contributed by atoms with Crippen LogP contribution in [-0.2, 0) is 32.6 Å². The lowest BCUT2D eigenvalue weighted by Crippen LogP contribution is -2.59. The number of nitrogens with zero attached hydrogens (tertiary/aromatic N) is 2. The molecule has 230 valence electrons. The Kier molecular flexibility index (Phi) is 9.31. The monoisotopic (exact) mass is 577 g/mol. The van der Waals surface area contributed by atoms with E-state index in [1.807, 2.05) is 18.2 Å². The Labute approximate surface area is 252 Å². The van der Waals surface area contributed by atoms with Gasteiger partial charge >= 0.3 is 5.97 Å². The van der Waals surface area contributed by atoms with Crippen molar-refractivity contribution in [1.82, 2.24) is 9.88 Å². The van der Waals surface area contributed by atoms with E-state index in [9.17, 15) is 9.90 Å². The molecule has 5 rings (SSSR count). The number of ether oxygens (including phenoxy) is 2. The topological polar surface area (TPSA) is 83.9 Å². The van der Waals surface area contributed by atoms with Gasteiger partial charge in [-0.15, -0.1) is 0 Å². The molecular formula is C35H51N3O4. The number of aromatic nitrogens is 1. The van der Waals surface area contributed by atoms with Gasteiger partial charge in [-0.2, -0.15) is 0 Å². The van der Waals surface area contributed by atoms with Crippen LogP contribution in [0.5, 0.6) is 0 Å². The summed E-state index contributed by atoms with van der Waals surface area (Å²) in [4.78, 5) is 20.5. The van der Waals surface area contributed by atoms with Crippen molar-refractivity contribution in [3.63, 3.8) is 0 Å². The number of carboxylic acid groups (broad SMARTS) is 1. The Morgan fingerprint density at radius 3 is 2.71 bits per heavy atom. The van der Waals surface area contributed by atoms with E-state index in [1.165, 1.54) is 12.0 Å². The molecule has 3 atom stereocenters. The maximum atomic E-state index is 13.5. The second-order valence-electron chi connectivity index (χ2n) is 14.4. The van der Waals surface area contributed by atoms with Crippen molar-refractivity contribution in [2.24, 2.45) is 10.8 Å². The summed E-state index contributed by atoms with van der Waals surface area (Å²) >= 11 is 0. The zero-order chi connectivity index (χ0) is 30.0. The summed E-state index contributed by atoms with van der Waals surface area (Å²) in [5.41, 5.74) is 2.73. The number of pyridine rings is 1. The largest absolute Gasteiger partial charge is 0.480 e. The van der Waals surface area contributed by atoms with Crippen molar-refractivity contribution in [1.29, 1.82) is 0 Å². The number of fused-ring (bicyclic) bond motifs is 1. The number of carbonyl (C=O) groups is 1. The van der Waals surface area contributed by atoms with Crippen LogP contribution in [0.25, 0.3) is 0 Å². The molecule has 7 nitrogen and oxygen atoms in total. The minimum Gasteiger partial charge on any atom is -0.480 e. The van der Waals surface area contributed by atoms with Crippen LogP contribution >= 0.6 is 0 Å². The molecular weight excluding hydrogens is 526 g/mol. The lowest BCUT2D eigenvalue weighted by atomic mass is 9.66. The Hall–Kier alpha value is -2.48. The highest BCUT2D eigenvalue weighted by Gasteiger charge is 2.57. The number of nitrogens with one attached hydrogen (secondary N) is 1. The van der Waals surface area contributed by atoms with E-state index in [2.05, 4.69) is 63.0 Å². The van der Waals surface area contributed by atoms with Crippen LogP contribution in [-0.4, -0.2) is 59.9 Å². The molecule has 42 heavy (non-hydrogen) atoms. The first-order valence-corrected chi connectivity index (χ1v) is 16.0. The van der Waals surface area contributed by atoms with Gasteiger partial charge in [0.1, 0.15) is 5.82 Å².